The molecule has 8 rings (SSSR count). The Labute approximate surface area is 285 Å². The molecule has 1 aliphatic heterocycles. The highest BCUT2D eigenvalue weighted by molar-refractivity contribution is 7.85. The second-order valence-electron chi connectivity index (χ2n) is 14.0. The van der Waals surface area contributed by atoms with E-state index in [0.29, 0.717) is 0 Å². The molecule has 0 amide bonds. The van der Waals surface area contributed by atoms with Gasteiger partial charge in [0.25, 0.3) is 0 Å². The van der Waals surface area contributed by atoms with E-state index in [-0.39, 0.29) is 10.8 Å². The van der Waals surface area contributed by atoms with E-state index in [0.717, 1.165) is 28.8 Å². The van der Waals surface area contributed by atoms with Crippen molar-refractivity contribution in [2.45, 2.75) is 56.8 Å². The highest BCUT2D eigenvalue weighted by Gasteiger charge is 2.39. The summed E-state index contributed by atoms with van der Waals surface area (Å²) in [7, 11) is -3.02. The lowest BCUT2D eigenvalue weighted by Crippen LogP contribution is -2.32. The van der Waals surface area contributed by atoms with Crippen LogP contribution in [0.4, 0.5) is 17.1 Å². The van der Waals surface area contributed by atoms with Crippen LogP contribution in [0.15, 0.2) is 158 Å². The van der Waals surface area contributed by atoms with Gasteiger partial charge in [-0.05, 0) is 59.4 Å². The molecule has 0 bridgehead atoms. The number of hydrogen-bond donors (Lipinski definition) is 0. The van der Waals surface area contributed by atoms with E-state index in [2.05, 4.69) is 116 Å². The maximum Gasteiger partial charge on any atom is 0.171 e. The third-order valence-corrected chi connectivity index (χ3v) is 14.1. The molecule has 2 aliphatic rings. The normalized spacial score (nSPS) is 16.5. The zero-order valence-corrected chi connectivity index (χ0v) is 28.7. The Kier molecular flexibility index (Phi) is 7.73. The van der Waals surface area contributed by atoms with Gasteiger partial charge >= 0.3 is 0 Å². The molecule has 0 aromatic heterocycles. The third-order valence-electron chi connectivity index (χ3n) is 11.0. The fourth-order valence-corrected chi connectivity index (χ4v) is 11.1. The summed E-state index contributed by atoms with van der Waals surface area (Å²) in [5, 5.41) is 2.63. The number of benzene rings is 6. The second kappa shape index (κ2) is 12.1. The van der Waals surface area contributed by atoms with Crippen molar-refractivity contribution >= 4 is 40.1 Å². The van der Waals surface area contributed by atoms with E-state index in [9.17, 15) is 0 Å². The predicted octanol–water partition coefficient (Wildman–Crippen LogP) is 10.7. The standard InChI is InChI=1S/C45H42NOP/c1-44(2)40-20-10-12-22-42(40)46(43-23-13-11-21-41(43)44)36-28-24-34(25-29-36)45(32-14-5-15-33-45)35-26-30-39(31-27-35)48(47,37-16-6-3-7-17-37)38-18-8-4-9-19-38/h3-4,6-13,16-31H,5,14-15,32-33H2,1-2H3. The lowest BCUT2D eigenvalue weighted by atomic mass is 9.65. The maximum absolute atomic E-state index is 15.1. The summed E-state index contributed by atoms with van der Waals surface area (Å²) in [6, 6.07) is 55.9. The van der Waals surface area contributed by atoms with Crippen LogP contribution in [0.1, 0.15) is 68.2 Å². The fraction of sp³-hybridized carbons (Fsp3) is 0.200. The third kappa shape index (κ3) is 4.89. The first-order valence-electron chi connectivity index (χ1n) is 17.4. The van der Waals surface area contributed by atoms with E-state index in [1.165, 1.54) is 58.6 Å². The minimum absolute atomic E-state index is 0.0709. The van der Waals surface area contributed by atoms with Crippen molar-refractivity contribution in [1.82, 2.24) is 0 Å². The van der Waals surface area contributed by atoms with Crippen molar-refractivity contribution in [3.8, 4) is 0 Å². The van der Waals surface area contributed by atoms with Crippen LogP contribution in [0.2, 0.25) is 0 Å². The highest BCUT2D eigenvalue weighted by atomic mass is 31.2. The van der Waals surface area contributed by atoms with E-state index in [4.69, 9.17) is 0 Å². The fourth-order valence-electron chi connectivity index (χ4n) is 8.49. The number of rotatable bonds is 6. The van der Waals surface area contributed by atoms with Gasteiger partial charge in [0, 0.05) is 32.4 Å². The largest absolute Gasteiger partial charge is 0.310 e. The molecule has 0 radical (unpaired) electrons. The van der Waals surface area contributed by atoms with E-state index in [1.54, 1.807) is 0 Å². The Morgan fingerprint density at radius 1 is 0.479 bits per heavy atom. The summed E-state index contributed by atoms with van der Waals surface area (Å²) in [5.41, 5.74) is 8.91. The first kappa shape index (κ1) is 30.7. The Morgan fingerprint density at radius 2 is 0.896 bits per heavy atom. The molecule has 6 aromatic carbocycles. The average molecular weight is 644 g/mol. The molecule has 1 saturated carbocycles. The first-order valence-corrected chi connectivity index (χ1v) is 19.1. The summed E-state index contributed by atoms with van der Waals surface area (Å²) < 4.78 is 15.1. The van der Waals surface area contributed by atoms with Gasteiger partial charge in [0.05, 0.1) is 11.4 Å². The number of para-hydroxylation sites is 2. The Morgan fingerprint density at radius 3 is 1.40 bits per heavy atom. The van der Waals surface area contributed by atoms with Crippen LogP contribution in [-0.2, 0) is 15.4 Å². The molecule has 48 heavy (non-hydrogen) atoms. The summed E-state index contributed by atoms with van der Waals surface area (Å²) in [6.45, 7) is 4.67. The van der Waals surface area contributed by atoms with Gasteiger partial charge in [0.1, 0.15) is 0 Å². The van der Waals surface area contributed by atoms with E-state index in [1.807, 2.05) is 60.7 Å². The van der Waals surface area contributed by atoms with Crippen LogP contribution in [0.25, 0.3) is 0 Å². The van der Waals surface area contributed by atoms with Gasteiger partial charge in [-0.2, -0.15) is 0 Å². The monoisotopic (exact) mass is 643 g/mol. The van der Waals surface area contributed by atoms with Crippen molar-refractivity contribution in [2.24, 2.45) is 0 Å². The molecule has 0 unspecified atom stereocenters. The summed E-state index contributed by atoms with van der Waals surface area (Å²) in [6.07, 6.45) is 5.91. The van der Waals surface area contributed by atoms with Crippen molar-refractivity contribution in [1.29, 1.82) is 0 Å². The molecule has 1 aliphatic carbocycles. The number of anilines is 3. The summed E-state index contributed by atoms with van der Waals surface area (Å²) in [4.78, 5) is 2.44. The van der Waals surface area contributed by atoms with Gasteiger partial charge in [0.2, 0.25) is 0 Å². The van der Waals surface area contributed by atoms with Gasteiger partial charge in [-0.25, -0.2) is 0 Å². The molecule has 2 nitrogen and oxygen atoms in total. The predicted molar refractivity (Wildman–Crippen MR) is 203 cm³/mol. The highest BCUT2D eigenvalue weighted by Crippen LogP contribution is 2.52. The topological polar surface area (TPSA) is 20.3 Å². The van der Waals surface area contributed by atoms with E-state index < -0.39 is 7.14 Å². The molecule has 0 spiro atoms. The van der Waals surface area contributed by atoms with Gasteiger partial charge in [0.15, 0.2) is 7.14 Å². The Bertz CT molecular complexity index is 2000. The lowest BCUT2D eigenvalue weighted by molar-refractivity contribution is 0.346. The molecule has 238 valence electrons. The van der Waals surface area contributed by atoms with Gasteiger partial charge in [-0.1, -0.05) is 167 Å². The molecular formula is C45H42NOP. The van der Waals surface area contributed by atoms with Crippen molar-refractivity contribution in [3.63, 3.8) is 0 Å². The molecule has 0 saturated heterocycles. The van der Waals surface area contributed by atoms with Crippen LogP contribution < -0.4 is 20.8 Å². The van der Waals surface area contributed by atoms with Crippen molar-refractivity contribution in [3.05, 3.63) is 180 Å². The number of hydrogen-bond acceptors (Lipinski definition) is 2. The molecule has 1 fully saturated rings. The van der Waals surface area contributed by atoms with Crippen molar-refractivity contribution in [2.75, 3.05) is 4.90 Å². The van der Waals surface area contributed by atoms with Crippen LogP contribution in [-0.4, -0.2) is 0 Å². The van der Waals surface area contributed by atoms with Gasteiger partial charge < -0.3 is 9.46 Å². The molecule has 1 heterocycles. The zero-order valence-electron chi connectivity index (χ0n) is 27.8. The van der Waals surface area contributed by atoms with Crippen LogP contribution in [0.5, 0.6) is 0 Å². The lowest BCUT2D eigenvalue weighted by Gasteiger charge is -2.42. The zero-order chi connectivity index (χ0) is 32.8. The number of fused-ring (bicyclic) bond motifs is 2. The Hall–Kier alpha value is -4.65. The minimum Gasteiger partial charge on any atom is -0.310 e. The first-order chi connectivity index (χ1) is 23.4. The summed E-state index contributed by atoms with van der Waals surface area (Å²) in [5.74, 6) is 0. The minimum atomic E-state index is -3.02. The maximum atomic E-state index is 15.1. The van der Waals surface area contributed by atoms with Crippen LogP contribution >= 0.6 is 7.14 Å². The average Bonchev–Trinajstić information content (AvgIpc) is 3.16. The second-order valence-corrected chi connectivity index (χ2v) is 16.8. The van der Waals surface area contributed by atoms with Crippen LogP contribution in [0.3, 0.4) is 0 Å². The van der Waals surface area contributed by atoms with Crippen LogP contribution in [0, 0.1) is 0 Å². The smallest absolute Gasteiger partial charge is 0.171 e. The molecule has 0 atom stereocenters. The number of nitrogens with zero attached hydrogens (tertiary/aromatic N) is 1. The Balaban J connectivity index is 1.19. The van der Waals surface area contributed by atoms with Crippen molar-refractivity contribution < 1.29 is 4.57 Å². The molecule has 6 aromatic rings. The molecule has 0 N–H and O–H groups in total. The summed E-state index contributed by atoms with van der Waals surface area (Å²) >= 11 is 0. The quantitative estimate of drug-likeness (QED) is 0.168. The van der Waals surface area contributed by atoms with Gasteiger partial charge in [-0.3, -0.25) is 0 Å². The van der Waals surface area contributed by atoms with Gasteiger partial charge in [-0.15, -0.1) is 0 Å². The molecule has 3 heteroatoms. The SMILES string of the molecule is CC1(C)c2ccccc2N(c2ccc(C3(c4ccc(P(=O)(c5ccccc5)c5ccccc5)cc4)CCCCC3)cc2)c2ccccc21. The van der Waals surface area contributed by atoms with E-state index >= 15 is 4.57 Å². The molecular weight excluding hydrogens is 601 g/mol.